The molecule has 76 valence electrons. The topological polar surface area (TPSA) is 9.23 Å². The highest BCUT2D eigenvalue weighted by atomic mass is 35.5. The molecule has 2 heteroatoms. The third-order valence-corrected chi connectivity index (χ3v) is 3.24. The Morgan fingerprint density at radius 2 is 2.00 bits per heavy atom. The highest BCUT2D eigenvalue weighted by Crippen LogP contribution is 2.31. The van der Waals surface area contributed by atoms with Crippen molar-refractivity contribution >= 4 is 11.6 Å². The van der Waals surface area contributed by atoms with Gasteiger partial charge in [0.05, 0.1) is 0 Å². The van der Waals surface area contributed by atoms with Crippen molar-refractivity contribution in [3.05, 3.63) is 29.3 Å². The van der Waals surface area contributed by atoms with Gasteiger partial charge in [0.25, 0.3) is 0 Å². The van der Waals surface area contributed by atoms with E-state index in [-0.39, 0.29) is 0 Å². The van der Waals surface area contributed by atoms with Crippen molar-refractivity contribution in [1.29, 1.82) is 0 Å². The molecule has 0 aromatic heterocycles. The van der Waals surface area contributed by atoms with Crippen molar-refractivity contribution in [2.45, 2.75) is 38.2 Å². The second-order valence-corrected chi connectivity index (χ2v) is 4.62. The number of aryl methyl sites for hydroxylation is 1. The fourth-order valence-corrected chi connectivity index (χ4v) is 2.03. The summed E-state index contributed by atoms with van der Waals surface area (Å²) in [6, 6.07) is 6.17. The SMILES string of the molecule is Cc1cccc(OC2CC(Cl)C2)c1C. The van der Waals surface area contributed by atoms with Crippen LogP contribution in [0.15, 0.2) is 18.2 Å². The van der Waals surface area contributed by atoms with Crippen molar-refractivity contribution in [2.24, 2.45) is 0 Å². The van der Waals surface area contributed by atoms with Crippen LogP contribution in [0.5, 0.6) is 5.75 Å². The number of hydrogen-bond donors (Lipinski definition) is 0. The number of hydrogen-bond acceptors (Lipinski definition) is 1. The molecule has 0 spiro atoms. The molecule has 1 aromatic carbocycles. The standard InChI is InChI=1S/C12H15ClO/c1-8-4-3-5-12(9(8)2)14-11-6-10(13)7-11/h3-5,10-11H,6-7H2,1-2H3. The van der Waals surface area contributed by atoms with Crippen molar-refractivity contribution in [1.82, 2.24) is 0 Å². The van der Waals surface area contributed by atoms with E-state index in [2.05, 4.69) is 19.9 Å². The summed E-state index contributed by atoms with van der Waals surface area (Å²) in [7, 11) is 0. The fraction of sp³-hybridized carbons (Fsp3) is 0.500. The van der Waals surface area contributed by atoms with E-state index in [4.69, 9.17) is 16.3 Å². The van der Waals surface area contributed by atoms with E-state index < -0.39 is 0 Å². The van der Waals surface area contributed by atoms with Crippen molar-refractivity contribution in [2.75, 3.05) is 0 Å². The summed E-state index contributed by atoms with van der Waals surface area (Å²) < 4.78 is 5.85. The van der Waals surface area contributed by atoms with Crippen LogP contribution in [-0.2, 0) is 0 Å². The van der Waals surface area contributed by atoms with E-state index in [1.165, 1.54) is 11.1 Å². The number of halogens is 1. The Kier molecular flexibility index (Phi) is 2.69. The first kappa shape index (κ1) is 9.85. The van der Waals surface area contributed by atoms with Gasteiger partial charge in [-0.1, -0.05) is 12.1 Å². The molecule has 14 heavy (non-hydrogen) atoms. The molecule has 2 rings (SSSR count). The second kappa shape index (κ2) is 3.82. The molecule has 1 aliphatic rings. The minimum atomic E-state index is 0.324. The van der Waals surface area contributed by atoms with Gasteiger partial charge < -0.3 is 4.74 Å². The van der Waals surface area contributed by atoms with Crippen LogP contribution in [0, 0.1) is 13.8 Å². The summed E-state index contributed by atoms with van der Waals surface area (Å²) in [5, 5.41) is 0.324. The predicted octanol–water partition coefficient (Wildman–Crippen LogP) is 3.45. The molecule has 0 N–H and O–H groups in total. The molecule has 0 saturated heterocycles. The number of ether oxygens (including phenoxy) is 1. The molecular weight excluding hydrogens is 196 g/mol. The van der Waals surface area contributed by atoms with Gasteiger partial charge in [-0.2, -0.15) is 0 Å². The molecule has 1 nitrogen and oxygen atoms in total. The van der Waals surface area contributed by atoms with Crippen molar-refractivity contribution in [3.8, 4) is 5.75 Å². The van der Waals surface area contributed by atoms with E-state index in [0.29, 0.717) is 11.5 Å². The van der Waals surface area contributed by atoms with Gasteiger partial charge >= 0.3 is 0 Å². The maximum atomic E-state index is 5.90. The molecule has 0 atom stereocenters. The van der Waals surface area contributed by atoms with Gasteiger partial charge in [0.1, 0.15) is 11.9 Å². The quantitative estimate of drug-likeness (QED) is 0.680. The predicted molar refractivity (Wildman–Crippen MR) is 59.2 cm³/mol. The molecular formula is C12H15ClO. The Morgan fingerprint density at radius 3 is 2.64 bits per heavy atom. The first-order valence-electron chi connectivity index (χ1n) is 5.04. The Hall–Kier alpha value is -0.690. The van der Waals surface area contributed by atoms with Crippen LogP contribution in [0.25, 0.3) is 0 Å². The Labute approximate surface area is 90.0 Å². The summed E-state index contributed by atoms with van der Waals surface area (Å²) >= 11 is 5.90. The largest absolute Gasteiger partial charge is 0.490 e. The van der Waals surface area contributed by atoms with E-state index >= 15 is 0 Å². The van der Waals surface area contributed by atoms with E-state index in [1.807, 2.05) is 12.1 Å². The van der Waals surface area contributed by atoms with Gasteiger partial charge in [-0.05, 0) is 31.0 Å². The van der Waals surface area contributed by atoms with Gasteiger partial charge in [0.15, 0.2) is 0 Å². The zero-order valence-electron chi connectivity index (χ0n) is 8.59. The molecule has 1 aliphatic carbocycles. The minimum absolute atomic E-state index is 0.324. The molecule has 0 heterocycles. The van der Waals surface area contributed by atoms with Crippen LogP contribution in [0.1, 0.15) is 24.0 Å². The smallest absolute Gasteiger partial charge is 0.122 e. The minimum Gasteiger partial charge on any atom is -0.490 e. The molecule has 1 aromatic rings. The van der Waals surface area contributed by atoms with Crippen LogP contribution in [0.3, 0.4) is 0 Å². The third kappa shape index (κ3) is 1.88. The lowest BCUT2D eigenvalue weighted by Gasteiger charge is -2.31. The highest BCUT2D eigenvalue weighted by Gasteiger charge is 2.29. The maximum Gasteiger partial charge on any atom is 0.122 e. The van der Waals surface area contributed by atoms with Crippen molar-refractivity contribution < 1.29 is 4.74 Å². The van der Waals surface area contributed by atoms with Gasteiger partial charge in [0, 0.05) is 18.2 Å². The number of alkyl halides is 1. The zero-order chi connectivity index (χ0) is 10.1. The molecule has 1 saturated carbocycles. The normalized spacial score (nSPS) is 25.6. The van der Waals surface area contributed by atoms with E-state index in [1.54, 1.807) is 0 Å². The molecule has 0 amide bonds. The van der Waals surface area contributed by atoms with E-state index in [0.717, 1.165) is 18.6 Å². The van der Waals surface area contributed by atoms with Crippen molar-refractivity contribution in [3.63, 3.8) is 0 Å². The van der Waals surface area contributed by atoms with Gasteiger partial charge in [0.2, 0.25) is 0 Å². The molecule has 0 unspecified atom stereocenters. The second-order valence-electron chi connectivity index (χ2n) is 4.01. The van der Waals surface area contributed by atoms with Gasteiger partial charge in [-0.3, -0.25) is 0 Å². The Balaban J connectivity index is 2.06. The average molecular weight is 211 g/mol. The summed E-state index contributed by atoms with van der Waals surface area (Å²) in [6.45, 7) is 4.20. The highest BCUT2D eigenvalue weighted by molar-refractivity contribution is 6.21. The molecule has 0 aliphatic heterocycles. The third-order valence-electron chi connectivity index (χ3n) is 2.89. The fourth-order valence-electron chi connectivity index (χ4n) is 1.63. The zero-order valence-corrected chi connectivity index (χ0v) is 9.34. The molecule has 0 radical (unpaired) electrons. The molecule has 0 bridgehead atoms. The van der Waals surface area contributed by atoms with Crippen LogP contribution >= 0.6 is 11.6 Å². The van der Waals surface area contributed by atoms with Crippen LogP contribution in [0.2, 0.25) is 0 Å². The number of rotatable bonds is 2. The summed E-state index contributed by atoms with van der Waals surface area (Å²) in [5.41, 5.74) is 2.52. The molecule has 1 fully saturated rings. The van der Waals surface area contributed by atoms with Crippen LogP contribution in [0.4, 0.5) is 0 Å². The first-order valence-corrected chi connectivity index (χ1v) is 5.47. The average Bonchev–Trinajstić information content (AvgIpc) is 2.10. The van der Waals surface area contributed by atoms with E-state index in [9.17, 15) is 0 Å². The van der Waals surface area contributed by atoms with Gasteiger partial charge in [-0.15, -0.1) is 11.6 Å². The summed E-state index contributed by atoms with van der Waals surface area (Å²) in [4.78, 5) is 0. The lowest BCUT2D eigenvalue weighted by atomic mass is 9.95. The lowest BCUT2D eigenvalue weighted by Crippen LogP contribution is -2.34. The maximum absolute atomic E-state index is 5.90. The van der Waals surface area contributed by atoms with Crippen LogP contribution in [-0.4, -0.2) is 11.5 Å². The summed E-state index contributed by atoms with van der Waals surface area (Å²) in [6.07, 6.45) is 2.29. The monoisotopic (exact) mass is 210 g/mol. The number of benzene rings is 1. The Morgan fingerprint density at radius 1 is 1.29 bits per heavy atom. The van der Waals surface area contributed by atoms with Crippen LogP contribution < -0.4 is 4.74 Å². The summed E-state index contributed by atoms with van der Waals surface area (Å²) in [5.74, 6) is 1.01. The Bertz CT molecular complexity index is 329. The first-order chi connectivity index (χ1) is 6.66. The lowest BCUT2D eigenvalue weighted by molar-refractivity contribution is 0.123. The van der Waals surface area contributed by atoms with Gasteiger partial charge in [-0.25, -0.2) is 0 Å².